The van der Waals surface area contributed by atoms with Gasteiger partial charge in [-0.25, -0.2) is 8.42 Å². The van der Waals surface area contributed by atoms with Crippen LogP contribution in [0.5, 0.6) is 0 Å². The number of hydrogen-bond acceptors (Lipinski definition) is 5. The summed E-state index contributed by atoms with van der Waals surface area (Å²) >= 11 is 0. The Morgan fingerprint density at radius 1 is 1.20 bits per heavy atom. The Morgan fingerprint density at radius 3 is 1.87 bits per heavy atom. The molecule has 0 aromatic rings. The van der Waals surface area contributed by atoms with E-state index in [4.69, 9.17) is 15.5 Å². The maximum atomic E-state index is 11.2. The van der Waals surface area contributed by atoms with Gasteiger partial charge in [0.25, 0.3) is 0 Å². The molecule has 0 aromatic heterocycles. The molecule has 0 aliphatic heterocycles. The van der Waals surface area contributed by atoms with Crippen molar-refractivity contribution in [2.45, 2.75) is 0 Å². The maximum Gasteiger partial charge on any atom is 0.318 e. The summed E-state index contributed by atoms with van der Waals surface area (Å²) in [4.78, 5) is 20.5. The SMILES string of the molecule is N#CCS(=O)(=O)N(CC(=O)O)CC(=O)O. The standard InChI is InChI=1S/C6H8N2O6S/c7-1-2-15(13,14)8(3-5(9)10)4-6(11)12/h2-4H2,(H,9,10)(H,11,12). The number of hydrogen-bond donors (Lipinski definition) is 2. The first-order chi connectivity index (χ1) is 6.79. The minimum absolute atomic E-state index is 0.223. The van der Waals surface area contributed by atoms with Gasteiger partial charge in [-0.15, -0.1) is 0 Å². The van der Waals surface area contributed by atoms with E-state index >= 15 is 0 Å². The van der Waals surface area contributed by atoms with E-state index in [1.807, 2.05) is 0 Å². The van der Waals surface area contributed by atoms with Crippen LogP contribution in [0.1, 0.15) is 0 Å². The first-order valence-corrected chi connectivity index (χ1v) is 5.19. The highest BCUT2D eigenvalue weighted by Crippen LogP contribution is 2.00. The quantitative estimate of drug-likeness (QED) is 0.561. The van der Waals surface area contributed by atoms with Gasteiger partial charge in [0.1, 0.15) is 13.1 Å². The summed E-state index contributed by atoms with van der Waals surface area (Å²) in [6.45, 7) is -1.95. The third kappa shape index (κ3) is 4.94. The van der Waals surface area contributed by atoms with Crippen molar-refractivity contribution < 1.29 is 28.2 Å². The lowest BCUT2D eigenvalue weighted by molar-refractivity contribution is -0.139. The third-order valence-corrected chi connectivity index (χ3v) is 2.80. The lowest BCUT2D eigenvalue weighted by atomic mass is 10.6. The molecule has 2 N–H and O–H groups in total. The number of aliphatic carboxylic acids is 2. The smallest absolute Gasteiger partial charge is 0.318 e. The molecule has 0 aliphatic carbocycles. The van der Waals surface area contributed by atoms with Gasteiger partial charge in [0.05, 0.1) is 6.07 Å². The van der Waals surface area contributed by atoms with Crippen molar-refractivity contribution in [2.24, 2.45) is 0 Å². The second-order valence-electron chi connectivity index (χ2n) is 2.47. The van der Waals surface area contributed by atoms with Crippen molar-refractivity contribution in [1.82, 2.24) is 4.31 Å². The number of nitrogens with zero attached hydrogens (tertiary/aromatic N) is 2. The number of carboxylic acids is 2. The molecule has 0 saturated carbocycles. The van der Waals surface area contributed by atoms with Gasteiger partial charge in [-0.1, -0.05) is 0 Å². The Bertz CT molecular complexity index is 378. The highest BCUT2D eigenvalue weighted by atomic mass is 32.2. The van der Waals surface area contributed by atoms with Crippen molar-refractivity contribution in [3.8, 4) is 6.07 Å². The average molecular weight is 236 g/mol. The van der Waals surface area contributed by atoms with Crippen LogP contribution in [0.3, 0.4) is 0 Å². The average Bonchev–Trinajstić information content (AvgIpc) is 2.00. The number of sulfonamides is 1. The summed E-state index contributed by atoms with van der Waals surface area (Å²) in [7, 11) is -4.15. The zero-order valence-electron chi connectivity index (χ0n) is 7.45. The Balaban J connectivity index is 4.86. The van der Waals surface area contributed by atoms with Crippen molar-refractivity contribution in [1.29, 1.82) is 5.26 Å². The Morgan fingerprint density at radius 2 is 1.60 bits per heavy atom. The van der Waals surface area contributed by atoms with Crippen LogP contribution in [0.25, 0.3) is 0 Å². The Labute approximate surface area is 85.4 Å². The van der Waals surface area contributed by atoms with Crippen molar-refractivity contribution in [3.63, 3.8) is 0 Å². The molecule has 0 saturated heterocycles. The third-order valence-electron chi connectivity index (χ3n) is 1.26. The van der Waals surface area contributed by atoms with Crippen LogP contribution in [0.4, 0.5) is 0 Å². The molecule has 0 aromatic carbocycles. The van der Waals surface area contributed by atoms with Crippen LogP contribution in [0.2, 0.25) is 0 Å². The number of carbonyl (C=O) groups is 2. The maximum absolute atomic E-state index is 11.2. The Hall–Kier alpha value is -1.66. The lowest BCUT2D eigenvalue weighted by Gasteiger charge is -2.15. The van der Waals surface area contributed by atoms with Crippen LogP contribution >= 0.6 is 0 Å². The van der Waals surface area contributed by atoms with Gasteiger partial charge < -0.3 is 10.2 Å². The van der Waals surface area contributed by atoms with E-state index in [-0.39, 0.29) is 4.31 Å². The summed E-state index contributed by atoms with van der Waals surface area (Å²) in [5.74, 6) is -3.93. The van der Waals surface area contributed by atoms with E-state index in [0.29, 0.717) is 0 Å². The molecule has 0 aliphatic rings. The Kier molecular flexibility index (Phi) is 4.69. The highest BCUT2D eigenvalue weighted by molar-refractivity contribution is 7.89. The molecule has 15 heavy (non-hydrogen) atoms. The van der Waals surface area contributed by atoms with E-state index in [0.717, 1.165) is 0 Å². The number of carboxylic acid groups (broad SMARTS) is 2. The molecule has 0 rings (SSSR count). The molecule has 0 amide bonds. The van der Waals surface area contributed by atoms with E-state index < -0.39 is 40.8 Å². The first kappa shape index (κ1) is 13.3. The van der Waals surface area contributed by atoms with Gasteiger partial charge in [-0.2, -0.15) is 9.57 Å². The molecule has 0 heterocycles. The van der Waals surface area contributed by atoms with E-state index in [1.54, 1.807) is 0 Å². The van der Waals surface area contributed by atoms with Crippen LogP contribution in [-0.4, -0.2) is 53.7 Å². The normalized spacial score (nSPS) is 10.9. The number of rotatable bonds is 6. The topological polar surface area (TPSA) is 136 Å². The summed E-state index contributed by atoms with van der Waals surface area (Å²) in [5.41, 5.74) is 0. The largest absolute Gasteiger partial charge is 0.480 e. The second-order valence-corrected chi connectivity index (χ2v) is 4.44. The van der Waals surface area contributed by atoms with Gasteiger partial charge in [0, 0.05) is 0 Å². The molecule has 8 nitrogen and oxygen atoms in total. The van der Waals surface area contributed by atoms with Crippen LogP contribution in [0.15, 0.2) is 0 Å². The van der Waals surface area contributed by atoms with Gasteiger partial charge in [-0.3, -0.25) is 9.59 Å². The molecule has 84 valence electrons. The minimum Gasteiger partial charge on any atom is -0.480 e. The zero-order chi connectivity index (χ0) is 12.1. The molecule has 0 atom stereocenters. The molecule has 0 fully saturated rings. The minimum atomic E-state index is -4.15. The lowest BCUT2D eigenvalue weighted by Crippen LogP contribution is -2.40. The van der Waals surface area contributed by atoms with Gasteiger partial charge in [0.15, 0.2) is 5.75 Å². The van der Waals surface area contributed by atoms with Crippen LogP contribution < -0.4 is 0 Å². The predicted molar refractivity (Wildman–Crippen MR) is 46.2 cm³/mol. The van der Waals surface area contributed by atoms with Gasteiger partial charge >= 0.3 is 11.9 Å². The van der Waals surface area contributed by atoms with E-state index in [1.165, 1.54) is 6.07 Å². The number of nitriles is 1. The summed E-state index contributed by atoms with van der Waals surface area (Å²) < 4.78 is 22.6. The van der Waals surface area contributed by atoms with E-state index in [9.17, 15) is 18.0 Å². The van der Waals surface area contributed by atoms with Crippen LogP contribution in [-0.2, 0) is 19.6 Å². The molecule has 0 unspecified atom stereocenters. The molecule has 9 heteroatoms. The summed E-state index contributed by atoms with van der Waals surface area (Å²) in [6, 6.07) is 1.32. The molecule has 0 radical (unpaired) electrons. The second kappa shape index (κ2) is 5.28. The van der Waals surface area contributed by atoms with Gasteiger partial charge in [0.2, 0.25) is 10.0 Å². The van der Waals surface area contributed by atoms with Gasteiger partial charge in [-0.05, 0) is 0 Å². The predicted octanol–water partition coefficient (Wildman–Crippen LogP) is -1.69. The molecular weight excluding hydrogens is 228 g/mol. The first-order valence-electron chi connectivity index (χ1n) is 3.58. The summed E-state index contributed by atoms with van der Waals surface area (Å²) in [5, 5.41) is 24.9. The monoisotopic (exact) mass is 236 g/mol. The van der Waals surface area contributed by atoms with Crippen LogP contribution in [0, 0.1) is 11.3 Å². The van der Waals surface area contributed by atoms with Crippen molar-refractivity contribution in [3.05, 3.63) is 0 Å². The fourth-order valence-electron chi connectivity index (χ4n) is 0.727. The molecule has 0 spiro atoms. The highest BCUT2D eigenvalue weighted by Gasteiger charge is 2.26. The van der Waals surface area contributed by atoms with Crippen molar-refractivity contribution >= 4 is 22.0 Å². The fraction of sp³-hybridized carbons (Fsp3) is 0.500. The fourth-order valence-corrected chi connectivity index (χ4v) is 1.69. The zero-order valence-corrected chi connectivity index (χ0v) is 8.27. The van der Waals surface area contributed by atoms with E-state index in [2.05, 4.69) is 0 Å². The summed E-state index contributed by atoms with van der Waals surface area (Å²) in [6.07, 6.45) is 0. The molecule has 0 bridgehead atoms. The van der Waals surface area contributed by atoms with Crippen molar-refractivity contribution in [2.75, 3.05) is 18.8 Å². The molecular formula is C6H8N2O6S.